The van der Waals surface area contributed by atoms with Crippen molar-refractivity contribution >= 4 is 5.91 Å². The summed E-state index contributed by atoms with van der Waals surface area (Å²) in [6, 6.07) is 14.0. The van der Waals surface area contributed by atoms with E-state index in [1.807, 2.05) is 38.1 Å². The summed E-state index contributed by atoms with van der Waals surface area (Å²) in [6.07, 6.45) is 0.878. The van der Waals surface area contributed by atoms with E-state index in [0.717, 1.165) is 23.3 Å². The van der Waals surface area contributed by atoms with Gasteiger partial charge >= 0.3 is 0 Å². The smallest absolute Gasteiger partial charge is 0.261 e. The molecule has 1 amide bonds. The molecule has 158 valence electrons. The molecule has 2 rings (SSSR count). The van der Waals surface area contributed by atoms with Crippen LogP contribution in [0.25, 0.3) is 0 Å². The predicted molar refractivity (Wildman–Crippen MR) is 119 cm³/mol. The molecule has 0 aromatic heterocycles. The van der Waals surface area contributed by atoms with Gasteiger partial charge in [0.15, 0.2) is 6.10 Å². The van der Waals surface area contributed by atoms with E-state index >= 15 is 0 Å². The minimum absolute atomic E-state index is 0.0620. The fraction of sp³-hybridized carbons (Fsp3) is 0.480. The Bertz CT molecular complexity index is 806. The first kappa shape index (κ1) is 22.8. The minimum Gasteiger partial charge on any atom is -0.496 e. The van der Waals surface area contributed by atoms with Crippen LogP contribution in [0.2, 0.25) is 0 Å². The second-order valence-electron chi connectivity index (χ2n) is 8.49. The van der Waals surface area contributed by atoms with Gasteiger partial charge in [0.25, 0.3) is 5.91 Å². The zero-order valence-electron chi connectivity index (χ0n) is 18.8. The summed E-state index contributed by atoms with van der Waals surface area (Å²) in [6.45, 7) is 12.6. The molecule has 29 heavy (non-hydrogen) atoms. The number of carbonyl (C=O) groups is 1. The molecule has 0 saturated carbocycles. The summed E-state index contributed by atoms with van der Waals surface area (Å²) < 4.78 is 11.3. The van der Waals surface area contributed by atoms with Gasteiger partial charge in [0.05, 0.1) is 13.2 Å². The first-order chi connectivity index (χ1) is 13.7. The third kappa shape index (κ3) is 5.99. The van der Waals surface area contributed by atoms with Crippen LogP contribution in [0.4, 0.5) is 0 Å². The normalized spacial score (nSPS) is 13.5. The molecule has 2 aromatic rings. The van der Waals surface area contributed by atoms with E-state index in [1.165, 1.54) is 5.56 Å². The number of amides is 1. The van der Waals surface area contributed by atoms with Crippen molar-refractivity contribution in [3.8, 4) is 11.5 Å². The highest BCUT2D eigenvalue weighted by Gasteiger charge is 2.22. The van der Waals surface area contributed by atoms with Gasteiger partial charge in [-0.15, -0.1) is 0 Å². The lowest BCUT2D eigenvalue weighted by Gasteiger charge is -2.24. The molecule has 0 aliphatic carbocycles. The Balaban J connectivity index is 2.08. The molecule has 2 atom stereocenters. The summed E-state index contributed by atoms with van der Waals surface area (Å²) in [5, 5.41) is 3.15. The zero-order chi connectivity index (χ0) is 21.6. The van der Waals surface area contributed by atoms with Gasteiger partial charge in [-0.05, 0) is 60.1 Å². The van der Waals surface area contributed by atoms with Crippen LogP contribution in [0.1, 0.15) is 70.2 Å². The monoisotopic (exact) mass is 397 g/mol. The molecule has 0 bridgehead atoms. The highest BCUT2D eigenvalue weighted by molar-refractivity contribution is 5.81. The van der Waals surface area contributed by atoms with E-state index in [4.69, 9.17) is 9.47 Å². The van der Waals surface area contributed by atoms with Gasteiger partial charge < -0.3 is 14.8 Å². The van der Waals surface area contributed by atoms with Crippen molar-refractivity contribution in [2.24, 2.45) is 0 Å². The summed E-state index contributed by atoms with van der Waals surface area (Å²) in [5.74, 6) is 1.48. The fourth-order valence-corrected chi connectivity index (χ4v) is 3.32. The molecule has 0 aliphatic heterocycles. The highest BCUT2D eigenvalue weighted by Crippen LogP contribution is 2.26. The van der Waals surface area contributed by atoms with E-state index < -0.39 is 6.10 Å². The van der Waals surface area contributed by atoms with Crippen molar-refractivity contribution in [1.82, 2.24) is 5.32 Å². The van der Waals surface area contributed by atoms with Crippen molar-refractivity contribution in [3.63, 3.8) is 0 Å². The van der Waals surface area contributed by atoms with Crippen molar-refractivity contribution < 1.29 is 14.3 Å². The average molecular weight is 398 g/mol. The van der Waals surface area contributed by atoms with Gasteiger partial charge in [-0.25, -0.2) is 0 Å². The van der Waals surface area contributed by atoms with E-state index in [2.05, 4.69) is 51.2 Å². The lowest BCUT2D eigenvalue weighted by atomic mass is 9.87. The number of methoxy groups -OCH3 is 1. The second kappa shape index (κ2) is 9.82. The van der Waals surface area contributed by atoms with E-state index in [1.54, 1.807) is 7.11 Å². The van der Waals surface area contributed by atoms with Gasteiger partial charge in [-0.3, -0.25) is 4.79 Å². The zero-order valence-corrected chi connectivity index (χ0v) is 18.8. The topological polar surface area (TPSA) is 47.6 Å². The molecule has 0 saturated heterocycles. The van der Waals surface area contributed by atoms with Gasteiger partial charge in [-0.1, -0.05) is 58.9 Å². The SMILES string of the molecule is CC[C@H](Oc1ccc(C(C)(C)C)cc1)C(=O)N[C@@H](CC)c1ccc(OC)c(C)c1. The van der Waals surface area contributed by atoms with Gasteiger partial charge in [0.1, 0.15) is 11.5 Å². The molecule has 0 aliphatic rings. The van der Waals surface area contributed by atoms with Crippen molar-refractivity contribution in [2.75, 3.05) is 7.11 Å². The Kier molecular flexibility index (Phi) is 7.72. The third-order valence-corrected chi connectivity index (χ3v) is 5.21. The van der Waals surface area contributed by atoms with Crippen LogP contribution in [-0.4, -0.2) is 19.1 Å². The number of nitrogens with one attached hydrogen (secondary N) is 1. The number of ether oxygens (including phenoxy) is 2. The lowest BCUT2D eigenvalue weighted by Crippen LogP contribution is -2.40. The van der Waals surface area contributed by atoms with Gasteiger partial charge in [0.2, 0.25) is 0 Å². The summed E-state index contributed by atoms with van der Waals surface area (Å²) in [4.78, 5) is 12.9. The van der Waals surface area contributed by atoms with Crippen molar-refractivity contribution in [3.05, 3.63) is 59.2 Å². The Morgan fingerprint density at radius 2 is 1.69 bits per heavy atom. The molecule has 2 aromatic carbocycles. The first-order valence-corrected chi connectivity index (χ1v) is 10.4. The maximum atomic E-state index is 12.9. The summed E-state index contributed by atoms with van der Waals surface area (Å²) >= 11 is 0. The number of aryl methyl sites for hydroxylation is 1. The van der Waals surface area contributed by atoms with Crippen LogP contribution in [0.3, 0.4) is 0 Å². The van der Waals surface area contributed by atoms with Crippen LogP contribution >= 0.6 is 0 Å². The molecular weight excluding hydrogens is 362 g/mol. The van der Waals surface area contributed by atoms with Crippen LogP contribution in [0, 0.1) is 6.92 Å². The first-order valence-electron chi connectivity index (χ1n) is 10.4. The minimum atomic E-state index is -0.524. The Morgan fingerprint density at radius 1 is 1.03 bits per heavy atom. The van der Waals surface area contributed by atoms with Gasteiger partial charge in [0, 0.05) is 0 Å². The summed E-state index contributed by atoms with van der Waals surface area (Å²) in [5.41, 5.74) is 3.46. The molecule has 4 heteroatoms. The molecule has 0 fully saturated rings. The Labute approximate surface area is 175 Å². The Hall–Kier alpha value is -2.49. The quantitative estimate of drug-likeness (QED) is 0.619. The van der Waals surface area contributed by atoms with Crippen LogP contribution < -0.4 is 14.8 Å². The number of rotatable bonds is 8. The predicted octanol–water partition coefficient (Wildman–Crippen LogP) is 5.73. The van der Waals surface area contributed by atoms with E-state index in [9.17, 15) is 4.79 Å². The molecule has 1 N–H and O–H groups in total. The van der Waals surface area contributed by atoms with Crippen LogP contribution in [-0.2, 0) is 10.2 Å². The van der Waals surface area contributed by atoms with Crippen molar-refractivity contribution in [1.29, 1.82) is 0 Å². The molecule has 0 radical (unpaired) electrons. The molecule has 0 spiro atoms. The maximum absolute atomic E-state index is 12.9. The molecular formula is C25H35NO3. The number of benzene rings is 2. The number of hydrogen-bond acceptors (Lipinski definition) is 3. The number of carbonyl (C=O) groups excluding carboxylic acids is 1. The molecule has 0 unspecified atom stereocenters. The van der Waals surface area contributed by atoms with Gasteiger partial charge in [-0.2, -0.15) is 0 Å². The standard InChI is InChI=1S/C25H35NO3/c1-8-21(18-10-15-23(28-7)17(3)16-18)26-24(27)22(9-2)29-20-13-11-19(12-14-20)25(4,5)6/h10-16,21-22H,8-9H2,1-7H3,(H,26,27)/t21-,22-/m0/s1. The highest BCUT2D eigenvalue weighted by atomic mass is 16.5. The van der Waals surface area contributed by atoms with Crippen LogP contribution in [0.5, 0.6) is 11.5 Å². The lowest BCUT2D eigenvalue weighted by molar-refractivity contribution is -0.128. The Morgan fingerprint density at radius 3 is 2.17 bits per heavy atom. The fourth-order valence-electron chi connectivity index (χ4n) is 3.32. The summed E-state index contributed by atoms with van der Waals surface area (Å²) in [7, 11) is 1.66. The maximum Gasteiger partial charge on any atom is 0.261 e. The molecule has 4 nitrogen and oxygen atoms in total. The second-order valence-corrected chi connectivity index (χ2v) is 8.49. The average Bonchev–Trinajstić information content (AvgIpc) is 2.69. The van der Waals surface area contributed by atoms with E-state index in [-0.39, 0.29) is 17.4 Å². The number of hydrogen-bond donors (Lipinski definition) is 1. The molecule has 0 heterocycles. The third-order valence-electron chi connectivity index (χ3n) is 5.21. The van der Waals surface area contributed by atoms with E-state index in [0.29, 0.717) is 12.2 Å². The van der Waals surface area contributed by atoms with Crippen molar-refractivity contribution in [2.45, 2.75) is 71.9 Å². The van der Waals surface area contributed by atoms with Crippen LogP contribution in [0.15, 0.2) is 42.5 Å². The largest absolute Gasteiger partial charge is 0.496 e.